The van der Waals surface area contributed by atoms with E-state index < -0.39 is 0 Å². The van der Waals surface area contributed by atoms with E-state index in [9.17, 15) is 4.79 Å². The maximum Gasteiger partial charge on any atom is 0.253 e. The van der Waals surface area contributed by atoms with Crippen molar-refractivity contribution in [2.24, 2.45) is 0 Å². The van der Waals surface area contributed by atoms with Crippen LogP contribution in [0.4, 0.5) is 0 Å². The summed E-state index contributed by atoms with van der Waals surface area (Å²) in [5, 5.41) is 8.07. The number of hydrogen-bond donors (Lipinski definition) is 1. The average molecular weight is 369 g/mol. The summed E-state index contributed by atoms with van der Waals surface area (Å²) in [7, 11) is 0. The Kier molecular flexibility index (Phi) is 5.56. The fourth-order valence-electron chi connectivity index (χ4n) is 2.80. The van der Waals surface area contributed by atoms with E-state index >= 15 is 0 Å². The maximum atomic E-state index is 12.4. The van der Waals surface area contributed by atoms with Crippen molar-refractivity contribution in [2.45, 2.75) is 45.3 Å². The predicted octanol–water partition coefficient (Wildman–Crippen LogP) is 3.41. The molecule has 0 spiro atoms. The van der Waals surface area contributed by atoms with Gasteiger partial charge in [0.2, 0.25) is 11.1 Å². The summed E-state index contributed by atoms with van der Waals surface area (Å²) < 4.78 is 1.70. The summed E-state index contributed by atoms with van der Waals surface area (Å²) >= 11 is 1.32. The first-order chi connectivity index (χ1) is 12.5. The SMILES string of the molecule is CCC(NC(=O)CSc1nc2nc(C)cc(C)n2n1)c1ccc(C)cc1. The molecule has 0 fully saturated rings. The largest absolute Gasteiger partial charge is 0.349 e. The Morgan fingerprint density at radius 3 is 2.62 bits per heavy atom. The molecule has 3 aromatic rings. The first-order valence-electron chi connectivity index (χ1n) is 8.66. The second-order valence-corrected chi connectivity index (χ2v) is 7.32. The highest BCUT2D eigenvalue weighted by Crippen LogP contribution is 2.19. The first kappa shape index (κ1) is 18.4. The van der Waals surface area contributed by atoms with E-state index in [1.165, 1.54) is 17.3 Å². The van der Waals surface area contributed by atoms with Gasteiger partial charge >= 0.3 is 0 Å². The van der Waals surface area contributed by atoms with E-state index in [-0.39, 0.29) is 17.7 Å². The number of rotatable bonds is 6. The average Bonchev–Trinajstić information content (AvgIpc) is 3.02. The van der Waals surface area contributed by atoms with Gasteiger partial charge in [0, 0.05) is 11.4 Å². The third-order valence-corrected chi connectivity index (χ3v) is 4.99. The Morgan fingerprint density at radius 1 is 1.19 bits per heavy atom. The van der Waals surface area contributed by atoms with Gasteiger partial charge < -0.3 is 5.32 Å². The molecule has 1 aromatic carbocycles. The van der Waals surface area contributed by atoms with Crippen LogP contribution in [0, 0.1) is 20.8 Å². The van der Waals surface area contributed by atoms with Crippen molar-refractivity contribution in [3.8, 4) is 0 Å². The van der Waals surface area contributed by atoms with Crippen LogP contribution in [0.1, 0.15) is 41.9 Å². The maximum absolute atomic E-state index is 12.4. The molecular weight excluding hydrogens is 346 g/mol. The van der Waals surface area contributed by atoms with Gasteiger partial charge in [0.1, 0.15) is 0 Å². The fraction of sp³-hybridized carbons (Fsp3) is 0.368. The predicted molar refractivity (Wildman–Crippen MR) is 103 cm³/mol. The minimum absolute atomic E-state index is 0.0179. The molecule has 1 unspecified atom stereocenters. The zero-order valence-corrected chi connectivity index (χ0v) is 16.3. The van der Waals surface area contributed by atoms with Gasteiger partial charge in [-0.15, -0.1) is 5.10 Å². The summed E-state index contributed by atoms with van der Waals surface area (Å²) in [6.07, 6.45) is 0.842. The number of aromatic nitrogens is 4. The van der Waals surface area contributed by atoms with E-state index in [0.29, 0.717) is 10.9 Å². The molecule has 0 aliphatic rings. The van der Waals surface area contributed by atoms with Gasteiger partial charge in [0.25, 0.3) is 5.78 Å². The zero-order valence-electron chi connectivity index (χ0n) is 15.5. The number of fused-ring (bicyclic) bond motifs is 1. The number of hydrogen-bond acceptors (Lipinski definition) is 5. The van der Waals surface area contributed by atoms with Gasteiger partial charge in [-0.3, -0.25) is 4.79 Å². The van der Waals surface area contributed by atoms with Crippen molar-refractivity contribution in [3.63, 3.8) is 0 Å². The van der Waals surface area contributed by atoms with Crippen molar-refractivity contribution in [1.82, 2.24) is 24.9 Å². The van der Waals surface area contributed by atoms with Gasteiger partial charge in [0.15, 0.2) is 0 Å². The monoisotopic (exact) mass is 369 g/mol. The van der Waals surface area contributed by atoms with Crippen LogP contribution in [0.5, 0.6) is 0 Å². The highest BCUT2D eigenvalue weighted by Gasteiger charge is 2.14. The lowest BCUT2D eigenvalue weighted by atomic mass is 10.0. The third-order valence-electron chi connectivity index (χ3n) is 4.15. The highest BCUT2D eigenvalue weighted by molar-refractivity contribution is 7.99. The number of nitrogens with one attached hydrogen (secondary N) is 1. The Bertz CT molecular complexity index is 920. The van der Waals surface area contributed by atoms with Crippen LogP contribution < -0.4 is 5.32 Å². The second-order valence-electron chi connectivity index (χ2n) is 6.37. The van der Waals surface area contributed by atoms with E-state index in [0.717, 1.165) is 23.4 Å². The molecule has 1 amide bonds. The molecule has 2 aromatic heterocycles. The molecule has 1 atom stereocenters. The fourth-order valence-corrected chi connectivity index (χ4v) is 3.42. The summed E-state index contributed by atoms with van der Waals surface area (Å²) in [5.41, 5.74) is 4.21. The number of benzene rings is 1. The van der Waals surface area contributed by atoms with E-state index in [2.05, 4.69) is 58.5 Å². The first-order valence-corrected chi connectivity index (χ1v) is 9.64. The van der Waals surface area contributed by atoms with Crippen LogP contribution in [0.15, 0.2) is 35.5 Å². The van der Waals surface area contributed by atoms with Crippen molar-refractivity contribution >= 4 is 23.4 Å². The molecule has 0 aliphatic heterocycles. The topological polar surface area (TPSA) is 72.2 Å². The number of thioether (sulfide) groups is 1. The normalized spacial score (nSPS) is 12.3. The van der Waals surface area contributed by atoms with Crippen molar-refractivity contribution in [3.05, 3.63) is 52.8 Å². The molecule has 2 heterocycles. The van der Waals surface area contributed by atoms with E-state index in [4.69, 9.17) is 0 Å². The van der Waals surface area contributed by atoms with E-state index in [1.807, 2.05) is 19.9 Å². The van der Waals surface area contributed by atoms with Crippen molar-refractivity contribution in [2.75, 3.05) is 5.75 Å². The molecular formula is C19H23N5OS. The Hall–Kier alpha value is -2.41. The van der Waals surface area contributed by atoms with Crippen LogP contribution in [-0.2, 0) is 4.79 Å². The molecule has 6 nitrogen and oxygen atoms in total. The zero-order chi connectivity index (χ0) is 18.7. The number of amides is 1. The lowest BCUT2D eigenvalue weighted by Crippen LogP contribution is -2.29. The van der Waals surface area contributed by atoms with Crippen LogP contribution in [-0.4, -0.2) is 31.2 Å². The molecule has 1 N–H and O–H groups in total. The minimum atomic E-state index is -0.0258. The highest BCUT2D eigenvalue weighted by atomic mass is 32.2. The van der Waals surface area contributed by atoms with Crippen molar-refractivity contribution in [1.29, 1.82) is 0 Å². The lowest BCUT2D eigenvalue weighted by molar-refractivity contribution is -0.119. The van der Waals surface area contributed by atoms with Gasteiger partial charge in [0.05, 0.1) is 11.8 Å². The Balaban J connectivity index is 1.63. The Labute approximate surface area is 157 Å². The Morgan fingerprint density at radius 2 is 1.92 bits per heavy atom. The molecule has 0 bridgehead atoms. The second kappa shape index (κ2) is 7.86. The molecule has 26 heavy (non-hydrogen) atoms. The van der Waals surface area contributed by atoms with Crippen LogP contribution in [0.25, 0.3) is 5.78 Å². The van der Waals surface area contributed by atoms with Gasteiger partial charge in [-0.25, -0.2) is 9.50 Å². The number of carbonyl (C=O) groups is 1. The molecule has 0 aliphatic carbocycles. The molecule has 3 rings (SSSR count). The minimum Gasteiger partial charge on any atom is -0.349 e. The summed E-state index contributed by atoms with van der Waals surface area (Å²) in [6.45, 7) is 8.01. The molecule has 0 saturated heterocycles. The number of aryl methyl sites for hydroxylation is 3. The molecule has 136 valence electrons. The summed E-state index contributed by atoms with van der Waals surface area (Å²) in [6, 6.07) is 10.2. The standard InChI is InChI=1S/C19H23N5OS/c1-5-16(15-8-6-12(2)7-9-15)21-17(25)11-26-19-22-18-20-13(3)10-14(4)24(18)23-19/h6-10,16H,5,11H2,1-4H3,(H,21,25). The van der Waals surface area contributed by atoms with Crippen molar-refractivity contribution < 1.29 is 4.79 Å². The molecule has 0 radical (unpaired) electrons. The quantitative estimate of drug-likeness (QED) is 0.674. The number of carbonyl (C=O) groups excluding carboxylic acids is 1. The lowest BCUT2D eigenvalue weighted by Gasteiger charge is -2.17. The van der Waals surface area contributed by atoms with E-state index in [1.54, 1.807) is 4.52 Å². The summed E-state index contributed by atoms with van der Waals surface area (Å²) in [5.74, 6) is 0.815. The number of nitrogens with zero attached hydrogens (tertiary/aromatic N) is 4. The van der Waals surface area contributed by atoms with Crippen LogP contribution in [0.3, 0.4) is 0 Å². The smallest absolute Gasteiger partial charge is 0.253 e. The van der Waals surface area contributed by atoms with Gasteiger partial charge in [-0.1, -0.05) is 48.5 Å². The molecule has 7 heteroatoms. The van der Waals surface area contributed by atoms with Crippen LogP contribution >= 0.6 is 11.8 Å². The summed E-state index contributed by atoms with van der Waals surface area (Å²) in [4.78, 5) is 21.1. The third kappa shape index (κ3) is 4.22. The van der Waals surface area contributed by atoms with Gasteiger partial charge in [-0.2, -0.15) is 4.98 Å². The van der Waals surface area contributed by atoms with Gasteiger partial charge in [-0.05, 0) is 38.8 Å². The van der Waals surface area contributed by atoms with Crippen LogP contribution in [0.2, 0.25) is 0 Å². The molecule has 0 saturated carbocycles.